The molecule has 1 amide bonds. The summed E-state index contributed by atoms with van der Waals surface area (Å²) < 4.78 is 5.28. The summed E-state index contributed by atoms with van der Waals surface area (Å²) in [5.41, 5.74) is 5.41. The van der Waals surface area contributed by atoms with Crippen LogP contribution in [0.2, 0.25) is 0 Å². The van der Waals surface area contributed by atoms with Gasteiger partial charge >= 0.3 is 0 Å². The van der Waals surface area contributed by atoms with Crippen LogP contribution >= 0.6 is 0 Å². The minimum atomic E-state index is -0.543. The van der Waals surface area contributed by atoms with Crippen LogP contribution in [0.5, 0.6) is 11.5 Å². The maximum atomic E-state index is 10.8. The Hall–Kier alpha value is -1.71. The Morgan fingerprint density at radius 1 is 1.50 bits per heavy atom. The molecule has 14 heavy (non-hydrogen) atoms. The Morgan fingerprint density at radius 3 is 2.64 bits per heavy atom. The van der Waals surface area contributed by atoms with Gasteiger partial charge in [-0.15, -0.1) is 0 Å². The second kappa shape index (κ2) is 4.00. The molecule has 76 valence electrons. The number of primary amides is 1. The van der Waals surface area contributed by atoms with Crippen LogP contribution in [-0.4, -0.2) is 17.1 Å². The average molecular weight is 195 g/mol. The summed E-state index contributed by atoms with van der Waals surface area (Å²) in [6.45, 7) is 3.66. The third kappa shape index (κ3) is 2.39. The second-order valence-electron chi connectivity index (χ2n) is 3.21. The molecule has 4 heteroatoms. The van der Waals surface area contributed by atoms with Crippen molar-refractivity contribution < 1.29 is 14.6 Å². The van der Waals surface area contributed by atoms with Gasteiger partial charge in [0.15, 0.2) is 11.5 Å². The summed E-state index contributed by atoms with van der Waals surface area (Å²) in [6, 6.07) is 4.26. The van der Waals surface area contributed by atoms with Gasteiger partial charge in [0.2, 0.25) is 5.91 Å². The lowest BCUT2D eigenvalue weighted by Gasteiger charge is -2.11. The number of ether oxygens (including phenoxy) is 1. The number of hydrogen-bond acceptors (Lipinski definition) is 3. The van der Waals surface area contributed by atoms with Crippen LogP contribution in [0, 0.1) is 0 Å². The van der Waals surface area contributed by atoms with Crippen LogP contribution in [0.1, 0.15) is 24.2 Å². The molecule has 0 aliphatic rings. The van der Waals surface area contributed by atoms with Crippen LogP contribution in [0.15, 0.2) is 18.2 Å². The number of aromatic hydroxyl groups is 1. The van der Waals surface area contributed by atoms with Crippen molar-refractivity contribution in [2.24, 2.45) is 5.73 Å². The first-order chi connectivity index (χ1) is 6.50. The molecule has 0 unspecified atom stereocenters. The van der Waals surface area contributed by atoms with Crippen LogP contribution < -0.4 is 10.5 Å². The summed E-state index contributed by atoms with van der Waals surface area (Å²) >= 11 is 0. The number of carbonyl (C=O) groups is 1. The van der Waals surface area contributed by atoms with E-state index in [1.807, 2.05) is 13.8 Å². The van der Waals surface area contributed by atoms with Crippen molar-refractivity contribution in [3.8, 4) is 11.5 Å². The largest absolute Gasteiger partial charge is 0.504 e. The van der Waals surface area contributed by atoms with E-state index in [1.165, 1.54) is 18.2 Å². The zero-order chi connectivity index (χ0) is 10.7. The summed E-state index contributed by atoms with van der Waals surface area (Å²) in [5.74, 6) is -0.265. The number of nitrogens with two attached hydrogens (primary N) is 1. The molecule has 0 spiro atoms. The molecule has 0 aliphatic carbocycles. The van der Waals surface area contributed by atoms with Gasteiger partial charge in [0.25, 0.3) is 0 Å². The Bertz CT molecular complexity index is 347. The molecule has 0 saturated carbocycles. The van der Waals surface area contributed by atoms with Gasteiger partial charge in [0, 0.05) is 5.56 Å². The highest BCUT2D eigenvalue weighted by Gasteiger charge is 2.08. The van der Waals surface area contributed by atoms with Crippen molar-refractivity contribution in [3.63, 3.8) is 0 Å². The van der Waals surface area contributed by atoms with Gasteiger partial charge in [-0.1, -0.05) is 0 Å². The van der Waals surface area contributed by atoms with Gasteiger partial charge in [-0.05, 0) is 32.0 Å². The molecule has 1 aromatic rings. The number of hydrogen-bond donors (Lipinski definition) is 2. The molecule has 0 heterocycles. The van der Waals surface area contributed by atoms with Crippen molar-refractivity contribution in [2.75, 3.05) is 0 Å². The second-order valence-corrected chi connectivity index (χ2v) is 3.21. The molecule has 4 nitrogen and oxygen atoms in total. The van der Waals surface area contributed by atoms with Crippen LogP contribution in [0.4, 0.5) is 0 Å². The maximum Gasteiger partial charge on any atom is 0.248 e. The van der Waals surface area contributed by atoms with Crippen molar-refractivity contribution in [1.82, 2.24) is 0 Å². The molecule has 0 aromatic heterocycles. The summed E-state index contributed by atoms with van der Waals surface area (Å²) in [4.78, 5) is 10.8. The minimum absolute atomic E-state index is 0.00343. The van der Waals surface area contributed by atoms with Gasteiger partial charge in [-0.3, -0.25) is 4.79 Å². The molecular formula is C10H13NO3. The fourth-order valence-electron chi connectivity index (χ4n) is 1.02. The van der Waals surface area contributed by atoms with E-state index >= 15 is 0 Å². The minimum Gasteiger partial charge on any atom is -0.504 e. The first-order valence-corrected chi connectivity index (χ1v) is 4.30. The molecule has 0 radical (unpaired) electrons. The summed E-state index contributed by atoms with van der Waals surface area (Å²) in [7, 11) is 0. The smallest absolute Gasteiger partial charge is 0.248 e. The lowest BCUT2D eigenvalue weighted by atomic mass is 10.2. The van der Waals surface area contributed by atoms with E-state index in [0.717, 1.165) is 0 Å². The molecular weight excluding hydrogens is 182 g/mol. The van der Waals surface area contributed by atoms with Gasteiger partial charge in [0.1, 0.15) is 0 Å². The van der Waals surface area contributed by atoms with E-state index in [4.69, 9.17) is 10.5 Å². The predicted molar refractivity (Wildman–Crippen MR) is 52.4 cm³/mol. The Kier molecular flexibility index (Phi) is 2.96. The van der Waals surface area contributed by atoms with Crippen molar-refractivity contribution in [2.45, 2.75) is 20.0 Å². The van der Waals surface area contributed by atoms with E-state index in [2.05, 4.69) is 0 Å². The fourth-order valence-corrected chi connectivity index (χ4v) is 1.02. The number of phenols is 1. The van der Waals surface area contributed by atoms with E-state index in [-0.39, 0.29) is 17.6 Å². The van der Waals surface area contributed by atoms with Gasteiger partial charge in [0.05, 0.1) is 6.10 Å². The normalized spacial score (nSPS) is 10.2. The highest BCUT2D eigenvalue weighted by Crippen LogP contribution is 2.27. The summed E-state index contributed by atoms with van der Waals surface area (Å²) in [6.07, 6.45) is -0.0657. The number of amides is 1. The number of benzene rings is 1. The molecule has 0 atom stereocenters. The van der Waals surface area contributed by atoms with E-state index < -0.39 is 5.91 Å². The molecule has 0 bridgehead atoms. The van der Waals surface area contributed by atoms with Crippen molar-refractivity contribution >= 4 is 5.91 Å². The summed E-state index contributed by atoms with van der Waals surface area (Å²) in [5, 5.41) is 9.39. The Morgan fingerprint density at radius 2 is 2.14 bits per heavy atom. The lowest BCUT2D eigenvalue weighted by Crippen LogP contribution is -2.12. The molecule has 3 N–H and O–H groups in total. The monoisotopic (exact) mass is 195 g/mol. The quantitative estimate of drug-likeness (QED) is 0.763. The fraction of sp³-hybridized carbons (Fsp3) is 0.300. The van der Waals surface area contributed by atoms with E-state index in [1.54, 1.807) is 0 Å². The van der Waals surface area contributed by atoms with E-state index in [0.29, 0.717) is 5.56 Å². The van der Waals surface area contributed by atoms with E-state index in [9.17, 15) is 9.90 Å². The maximum absolute atomic E-state index is 10.8. The zero-order valence-electron chi connectivity index (χ0n) is 8.15. The van der Waals surface area contributed by atoms with Gasteiger partial charge in [-0.25, -0.2) is 0 Å². The van der Waals surface area contributed by atoms with Crippen LogP contribution in [-0.2, 0) is 0 Å². The lowest BCUT2D eigenvalue weighted by molar-refractivity contribution is 0.0999. The third-order valence-corrected chi connectivity index (χ3v) is 1.61. The SMILES string of the molecule is CC(C)Oc1cc(C(N)=O)ccc1O. The van der Waals surface area contributed by atoms with Crippen LogP contribution in [0.3, 0.4) is 0 Å². The Labute approximate surface area is 82.3 Å². The Balaban J connectivity index is 3.02. The van der Waals surface area contributed by atoms with Crippen molar-refractivity contribution in [3.05, 3.63) is 23.8 Å². The molecule has 1 aromatic carbocycles. The first kappa shape index (κ1) is 10.4. The first-order valence-electron chi connectivity index (χ1n) is 4.30. The van der Waals surface area contributed by atoms with Gasteiger partial charge < -0.3 is 15.6 Å². The zero-order valence-corrected chi connectivity index (χ0v) is 8.15. The number of phenolic OH excluding ortho intramolecular Hbond substituents is 1. The predicted octanol–water partition coefficient (Wildman–Crippen LogP) is 1.28. The highest BCUT2D eigenvalue weighted by molar-refractivity contribution is 5.93. The van der Waals surface area contributed by atoms with Gasteiger partial charge in [-0.2, -0.15) is 0 Å². The number of carbonyl (C=O) groups excluding carboxylic acids is 1. The third-order valence-electron chi connectivity index (χ3n) is 1.61. The number of rotatable bonds is 3. The molecule has 0 aliphatic heterocycles. The molecule has 0 saturated heterocycles. The average Bonchev–Trinajstić information content (AvgIpc) is 2.07. The van der Waals surface area contributed by atoms with Crippen LogP contribution in [0.25, 0.3) is 0 Å². The molecule has 0 fully saturated rings. The van der Waals surface area contributed by atoms with Crippen molar-refractivity contribution in [1.29, 1.82) is 0 Å². The molecule has 1 rings (SSSR count). The topological polar surface area (TPSA) is 72.5 Å². The highest BCUT2D eigenvalue weighted by atomic mass is 16.5. The standard InChI is InChI=1S/C10H13NO3/c1-6(2)14-9-5-7(10(11)13)3-4-8(9)12/h3-6,12H,1-2H3,(H2,11,13).